The molecule has 0 fully saturated rings. The quantitative estimate of drug-likeness (QED) is 0.833. The summed E-state index contributed by atoms with van der Waals surface area (Å²) in [5, 5.41) is 1.80. The minimum atomic E-state index is -3.55. The van der Waals surface area contributed by atoms with Crippen molar-refractivity contribution in [2.75, 3.05) is 5.73 Å². The minimum absolute atomic E-state index is 0.181. The number of aromatic nitrogens is 1. The highest BCUT2D eigenvalue weighted by atomic mass is 32.2. The van der Waals surface area contributed by atoms with Crippen LogP contribution in [0.25, 0.3) is 0 Å². The molecule has 3 N–H and O–H groups in total. The summed E-state index contributed by atoms with van der Waals surface area (Å²) in [7, 11) is -3.55. The van der Waals surface area contributed by atoms with Crippen LogP contribution in [0, 0.1) is 6.92 Å². The lowest BCUT2D eigenvalue weighted by Gasteiger charge is -2.09. The molecule has 5 nitrogen and oxygen atoms in total. The Morgan fingerprint density at radius 1 is 1.44 bits per heavy atom. The molecule has 0 amide bonds. The largest absolute Gasteiger partial charge is 0.398 e. The molecule has 1 aromatic heterocycles. The Kier molecular flexibility index (Phi) is 3.65. The zero-order valence-electron chi connectivity index (χ0n) is 9.75. The van der Waals surface area contributed by atoms with Gasteiger partial charge in [0.05, 0.1) is 22.6 Å². The molecular weight excluding hydrogens is 270 g/mol. The van der Waals surface area contributed by atoms with Crippen LogP contribution < -0.4 is 10.5 Å². The fourth-order valence-electron chi connectivity index (χ4n) is 1.49. The van der Waals surface area contributed by atoms with Crippen molar-refractivity contribution in [3.63, 3.8) is 0 Å². The van der Waals surface area contributed by atoms with Crippen molar-refractivity contribution in [1.29, 1.82) is 0 Å². The molecule has 7 heteroatoms. The molecule has 0 unspecified atom stereocenters. The lowest BCUT2D eigenvalue weighted by atomic mass is 10.2. The summed E-state index contributed by atoms with van der Waals surface area (Å²) in [5.74, 6) is 0. The second-order valence-corrected chi connectivity index (χ2v) is 6.23. The Balaban J connectivity index is 2.23. The van der Waals surface area contributed by atoms with Gasteiger partial charge in [-0.1, -0.05) is 6.07 Å². The first kappa shape index (κ1) is 13.0. The van der Waals surface area contributed by atoms with E-state index in [1.54, 1.807) is 29.9 Å². The van der Waals surface area contributed by atoms with Crippen molar-refractivity contribution in [2.24, 2.45) is 0 Å². The van der Waals surface area contributed by atoms with Gasteiger partial charge in [0.15, 0.2) is 0 Å². The summed E-state index contributed by atoms with van der Waals surface area (Å²) in [6.45, 7) is 1.87. The van der Waals surface area contributed by atoms with Crippen molar-refractivity contribution in [3.8, 4) is 0 Å². The van der Waals surface area contributed by atoms with E-state index in [2.05, 4.69) is 9.71 Å². The summed E-state index contributed by atoms with van der Waals surface area (Å²) in [4.78, 5) is 4.23. The maximum Gasteiger partial charge on any atom is 0.241 e. The molecule has 0 spiro atoms. The zero-order chi connectivity index (χ0) is 13.2. The van der Waals surface area contributed by atoms with Crippen LogP contribution >= 0.6 is 11.3 Å². The number of nitrogen functional groups attached to an aromatic ring is 1. The van der Waals surface area contributed by atoms with Gasteiger partial charge >= 0.3 is 0 Å². The molecular formula is C11H13N3O2S2. The smallest absolute Gasteiger partial charge is 0.241 e. The molecule has 1 heterocycles. The lowest BCUT2D eigenvalue weighted by molar-refractivity contribution is 0.580. The second-order valence-electron chi connectivity index (χ2n) is 3.77. The molecule has 2 aromatic rings. The van der Waals surface area contributed by atoms with Crippen LogP contribution in [0.1, 0.15) is 11.3 Å². The van der Waals surface area contributed by atoms with Gasteiger partial charge in [-0.15, -0.1) is 11.3 Å². The van der Waals surface area contributed by atoms with E-state index in [1.807, 2.05) is 0 Å². The average molecular weight is 283 g/mol. The standard InChI is InChI=1S/C11H13N3O2S2/c1-8-10(12)3-2-4-11(8)18(15,16)14-5-9-6-17-7-13-9/h2-4,6-7,14H,5,12H2,1H3. The number of sulfonamides is 1. The number of anilines is 1. The van der Waals surface area contributed by atoms with Crippen LogP contribution in [0.4, 0.5) is 5.69 Å². The van der Waals surface area contributed by atoms with Crippen LogP contribution in [0.3, 0.4) is 0 Å². The molecule has 0 aliphatic carbocycles. The van der Waals surface area contributed by atoms with Gasteiger partial charge < -0.3 is 5.73 Å². The highest BCUT2D eigenvalue weighted by Crippen LogP contribution is 2.20. The number of benzene rings is 1. The van der Waals surface area contributed by atoms with E-state index in [4.69, 9.17) is 5.73 Å². The molecule has 0 aliphatic rings. The van der Waals surface area contributed by atoms with Crippen LogP contribution in [0.15, 0.2) is 34.0 Å². The van der Waals surface area contributed by atoms with Crippen molar-refractivity contribution < 1.29 is 8.42 Å². The lowest BCUT2D eigenvalue weighted by Crippen LogP contribution is -2.24. The SMILES string of the molecule is Cc1c(N)cccc1S(=O)(=O)NCc1cscn1. The molecule has 0 aliphatic heterocycles. The molecule has 2 rings (SSSR count). The average Bonchev–Trinajstić information content (AvgIpc) is 2.83. The van der Waals surface area contributed by atoms with Gasteiger partial charge in [0.25, 0.3) is 0 Å². The molecule has 1 aromatic carbocycles. The normalized spacial score (nSPS) is 11.6. The topological polar surface area (TPSA) is 85.1 Å². The van der Waals surface area contributed by atoms with Crippen molar-refractivity contribution in [3.05, 3.63) is 40.3 Å². The summed E-state index contributed by atoms with van der Waals surface area (Å²) in [6.07, 6.45) is 0. The first-order valence-corrected chi connectivity index (χ1v) is 7.65. The van der Waals surface area contributed by atoms with Crippen molar-refractivity contribution >= 4 is 27.0 Å². The highest BCUT2D eigenvalue weighted by molar-refractivity contribution is 7.89. The Morgan fingerprint density at radius 2 is 2.22 bits per heavy atom. The fourth-order valence-corrected chi connectivity index (χ4v) is 3.32. The molecule has 18 heavy (non-hydrogen) atoms. The highest BCUT2D eigenvalue weighted by Gasteiger charge is 2.17. The molecule has 0 saturated heterocycles. The van der Waals surface area contributed by atoms with Crippen LogP contribution in [0.5, 0.6) is 0 Å². The molecule has 0 saturated carbocycles. The number of hydrogen-bond donors (Lipinski definition) is 2. The first-order valence-electron chi connectivity index (χ1n) is 5.22. The third kappa shape index (κ3) is 2.69. The Hall–Kier alpha value is -1.44. The van der Waals surface area contributed by atoms with E-state index in [0.29, 0.717) is 16.9 Å². The zero-order valence-corrected chi connectivity index (χ0v) is 11.4. The summed E-state index contributed by atoms with van der Waals surface area (Å²) in [6, 6.07) is 4.84. The number of hydrogen-bond acceptors (Lipinski definition) is 5. The van der Waals surface area contributed by atoms with E-state index >= 15 is 0 Å². The van der Waals surface area contributed by atoms with Crippen LogP contribution in [0.2, 0.25) is 0 Å². The van der Waals surface area contributed by atoms with Gasteiger partial charge in [-0.25, -0.2) is 18.1 Å². The number of nitrogens with one attached hydrogen (secondary N) is 1. The Morgan fingerprint density at radius 3 is 2.89 bits per heavy atom. The predicted octanol–water partition coefficient (Wildman–Crippen LogP) is 1.51. The van der Waals surface area contributed by atoms with Crippen molar-refractivity contribution in [1.82, 2.24) is 9.71 Å². The van der Waals surface area contributed by atoms with Crippen LogP contribution in [-0.2, 0) is 16.6 Å². The van der Waals surface area contributed by atoms with E-state index in [9.17, 15) is 8.42 Å². The van der Waals surface area contributed by atoms with Crippen molar-refractivity contribution in [2.45, 2.75) is 18.4 Å². The molecule has 0 atom stereocenters. The first-order chi connectivity index (χ1) is 8.50. The van der Waals surface area contributed by atoms with E-state index in [1.165, 1.54) is 17.4 Å². The molecule has 0 bridgehead atoms. The summed E-state index contributed by atoms with van der Waals surface area (Å²) < 4.78 is 26.7. The number of nitrogens with two attached hydrogens (primary N) is 1. The second kappa shape index (κ2) is 5.05. The monoisotopic (exact) mass is 283 g/mol. The molecule has 96 valence electrons. The maximum atomic E-state index is 12.1. The van der Waals surface area contributed by atoms with E-state index in [0.717, 1.165) is 0 Å². The summed E-state index contributed by atoms with van der Waals surface area (Å²) >= 11 is 1.43. The van der Waals surface area contributed by atoms with Gasteiger partial charge in [0.1, 0.15) is 0 Å². The van der Waals surface area contributed by atoms with Gasteiger partial charge in [-0.3, -0.25) is 0 Å². The molecule has 0 radical (unpaired) electrons. The number of nitrogens with zero attached hydrogens (tertiary/aromatic N) is 1. The van der Waals surface area contributed by atoms with Gasteiger partial charge in [-0.05, 0) is 24.6 Å². The van der Waals surface area contributed by atoms with Gasteiger partial charge in [0, 0.05) is 11.1 Å². The van der Waals surface area contributed by atoms with Gasteiger partial charge in [-0.2, -0.15) is 0 Å². The van der Waals surface area contributed by atoms with Gasteiger partial charge in [0.2, 0.25) is 10.0 Å². The Labute approximate surface area is 110 Å². The van der Waals surface area contributed by atoms with E-state index in [-0.39, 0.29) is 11.4 Å². The third-order valence-electron chi connectivity index (χ3n) is 2.54. The minimum Gasteiger partial charge on any atom is -0.398 e. The summed E-state index contributed by atoms with van der Waals surface area (Å²) in [5.41, 5.74) is 9.09. The van der Waals surface area contributed by atoms with E-state index < -0.39 is 10.0 Å². The Bertz CT molecular complexity index is 636. The predicted molar refractivity (Wildman–Crippen MR) is 71.7 cm³/mol. The number of rotatable bonds is 4. The maximum absolute atomic E-state index is 12.1. The number of thiazole rings is 1. The van der Waals surface area contributed by atoms with Crippen LogP contribution in [-0.4, -0.2) is 13.4 Å². The third-order valence-corrected chi connectivity index (χ3v) is 4.72. The fraction of sp³-hybridized carbons (Fsp3) is 0.182.